The van der Waals surface area contributed by atoms with E-state index in [4.69, 9.17) is 0 Å². The van der Waals surface area contributed by atoms with Crippen LogP contribution in [0.5, 0.6) is 0 Å². The smallest absolute Gasteiger partial charge is 0.257 e. The Balaban J connectivity index is 1.88. The molecule has 18 heavy (non-hydrogen) atoms. The number of carbonyl (C=O) groups excluding carboxylic acids is 1. The highest BCUT2D eigenvalue weighted by molar-refractivity contribution is 9.11. The van der Waals surface area contributed by atoms with E-state index in [1.807, 2.05) is 35.8 Å². The molecule has 1 aromatic carbocycles. The van der Waals surface area contributed by atoms with Crippen LogP contribution in [0.3, 0.4) is 0 Å². The van der Waals surface area contributed by atoms with Crippen molar-refractivity contribution in [3.05, 3.63) is 51.3 Å². The highest BCUT2D eigenvalue weighted by Crippen LogP contribution is 2.25. The maximum atomic E-state index is 12.0. The van der Waals surface area contributed by atoms with Crippen molar-refractivity contribution in [1.29, 1.82) is 0 Å². The third-order valence-corrected chi connectivity index (χ3v) is 4.36. The van der Waals surface area contributed by atoms with E-state index >= 15 is 0 Å². The van der Waals surface area contributed by atoms with Gasteiger partial charge in [0, 0.05) is 17.4 Å². The zero-order valence-corrected chi connectivity index (χ0v) is 11.6. The summed E-state index contributed by atoms with van der Waals surface area (Å²) in [6, 6.07) is 9.60. The minimum Gasteiger partial charge on any atom is -0.361 e. The van der Waals surface area contributed by atoms with Gasteiger partial charge in [0.2, 0.25) is 0 Å². The van der Waals surface area contributed by atoms with E-state index in [2.05, 4.69) is 26.2 Å². The molecular formula is C13H9BrN2OS. The van der Waals surface area contributed by atoms with Crippen LogP contribution in [0, 0.1) is 0 Å². The highest BCUT2D eigenvalue weighted by atomic mass is 79.9. The van der Waals surface area contributed by atoms with Gasteiger partial charge in [0.15, 0.2) is 0 Å². The third-order valence-electron chi connectivity index (χ3n) is 2.68. The number of aromatic nitrogens is 1. The number of halogens is 1. The first-order valence-corrected chi connectivity index (χ1v) is 7.03. The Labute approximate surface area is 116 Å². The second-order valence-electron chi connectivity index (χ2n) is 3.84. The molecule has 0 saturated carbocycles. The maximum absolute atomic E-state index is 12.0. The molecule has 2 aromatic heterocycles. The largest absolute Gasteiger partial charge is 0.361 e. The van der Waals surface area contributed by atoms with Crippen LogP contribution in [-0.2, 0) is 0 Å². The zero-order chi connectivity index (χ0) is 12.5. The van der Waals surface area contributed by atoms with Crippen LogP contribution in [0.15, 0.2) is 45.7 Å². The fourth-order valence-corrected chi connectivity index (χ4v) is 3.03. The summed E-state index contributed by atoms with van der Waals surface area (Å²) in [6.07, 6.45) is 1.88. The van der Waals surface area contributed by atoms with Crippen LogP contribution in [0.4, 0.5) is 5.69 Å². The lowest BCUT2D eigenvalue weighted by Gasteiger charge is -2.04. The van der Waals surface area contributed by atoms with Crippen LogP contribution in [0.25, 0.3) is 10.9 Å². The van der Waals surface area contributed by atoms with E-state index in [-0.39, 0.29) is 5.91 Å². The summed E-state index contributed by atoms with van der Waals surface area (Å²) < 4.78 is 0.848. The number of rotatable bonds is 2. The lowest BCUT2D eigenvalue weighted by atomic mass is 10.2. The first kappa shape index (κ1) is 11.5. The topological polar surface area (TPSA) is 44.9 Å². The summed E-state index contributed by atoms with van der Waals surface area (Å²) in [5, 5.41) is 5.90. The second-order valence-corrected chi connectivity index (χ2v) is 6.08. The fraction of sp³-hybridized carbons (Fsp3) is 0. The van der Waals surface area contributed by atoms with Crippen molar-refractivity contribution >= 4 is 49.8 Å². The van der Waals surface area contributed by atoms with Crippen LogP contribution in [0.2, 0.25) is 0 Å². The van der Waals surface area contributed by atoms with Gasteiger partial charge in [-0.1, -0.05) is 6.07 Å². The van der Waals surface area contributed by atoms with Gasteiger partial charge in [-0.2, -0.15) is 0 Å². The number of amides is 1. The number of nitrogens with one attached hydrogen (secondary N) is 2. The normalized spacial score (nSPS) is 10.7. The van der Waals surface area contributed by atoms with E-state index in [1.54, 1.807) is 6.07 Å². The van der Waals surface area contributed by atoms with Gasteiger partial charge in [0.05, 0.1) is 9.35 Å². The molecule has 0 fully saturated rings. The first-order chi connectivity index (χ1) is 8.74. The third kappa shape index (κ3) is 2.07. The van der Waals surface area contributed by atoms with E-state index < -0.39 is 0 Å². The summed E-state index contributed by atoms with van der Waals surface area (Å²) in [5.74, 6) is -0.103. The monoisotopic (exact) mass is 320 g/mol. The van der Waals surface area contributed by atoms with Gasteiger partial charge in [-0.25, -0.2) is 0 Å². The van der Waals surface area contributed by atoms with E-state index in [9.17, 15) is 4.79 Å². The Morgan fingerprint density at radius 2 is 2.17 bits per heavy atom. The molecule has 0 spiro atoms. The van der Waals surface area contributed by atoms with Crippen LogP contribution in [-0.4, -0.2) is 10.9 Å². The summed E-state index contributed by atoms with van der Waals surface area (Å²) in [6.45, 7) is 0. The molecule has 0 bridgehead atoms. The Kier molecular flexibility index (Phi) is 2.93. The molecule has 0 saturated heterocycles. The summed E-state index contributed by atoms with van der Waals surface area (Å²) >= 11 is 4.86. The van der Waals surface area contributed by atoms with Crippen molar-refractivity contribution in [3.8, 4) is 0 Å². The van der Waals surface area contributed by atoms with Crippen molar-refractivity contribution in [2.45, 2.75) is 0 Å². The molecule has 5 heteroatoms. The molecule has 0 atom stereocenters. The number of H-pyrrole nitrogens is 1. The molecule has 2 N–H and O–H groups in total. The number of benzene rings is 1. The minimum atomic E-state index is -0.103. The van der Waals surface area contributed by atoms with Crippen molar-refractivity contribution in [2.24, 2.45) is 0 Å². The van der Waals surface area contributed by atoms with Crippen LogP contribution in [0.1, 0.15) is 10.4 Å². The van der Waals surface area contributed by atoms with Crippen LogP contribution < -0.4 is 5.32 Å². The molecule has 0 aliphatic rings. The molecule has 90 valence electrons. The minimum absolute atomic E-state index is 0.103. The van der Waals surface area contributed by atoms with Gasteiger partial charge < -0.3 is 10.3 Å². The predicted molar refractivity (Wildman–Crippen MR) is 78.3 cm³/mol. The summed E-state index contributed by atoms with van der Waals surface area (Å²) in [7, 11) is 0. The molecule has 3 rings (SSSR count). The van der Waals surface area contributed by atoms with Crippen molar-refractivity contribution in [3.63, 3.8) is 0 Å². The molecule has 0 aliphatic carbocycles. The lowest BCUT2D eigenvalue weighted by molar-refractivity contribution is 0.102. The van der Waals surface area contributed by atoms with Gasteiger partial charge in [0.1, 0.15) is 0 Å². The number of carbonyl (C=O) groups is 1. The molecule has 3 nitrogen and oxygen atoms in total. The lowest BCUT2D eigenvalue weighted by Crippen LogP contribution is -2.11. The van der Waals surface area contributed by atoms with Crippen molar-refractivity contribution in [2.75, 3.05) is 5.32 Å². The van der Waals surface area contributed by atoms with E-state index in [1.165, 1.54) is 11.3 Å². The molecule has 0 aliphatic heterocycles. The first-order valence-electron chi connectivity index (χ1n) is 5.35. The maximum Gasteiger partial charge on any atom is 0.257 e. The van der Waals surface area contributed by atoms with E-state index in [0.29, 0.717) is 5.56 Å². The molecule has 3 aromatic rings. The molecule has 2 heterocycles. The number of thiophene rings is 1. The number of hydrogen-bond donors (Lipinski definition) is 2. The van der Waals surface area contributed by atoms with Crippen molar-refractivity contribution in [1.82, 2.24) is 4.98 Å². The molecule has 0 radical (unpaired) electrons. The Morgan fingerprint density at radius 3 is 2.94 bits per heavy atom. The van der Waals surface area contributed by atoms with Gasteiger partial charge in [0.25, 0.3) is 5.91 Å². The van der Waals surface area contributed by atoms with Crippen LogP contribution >= 0.6 is 27.3 Å². The summed E-state index contributed by atoms with van der Waals surface area (Å²) in [5.41, 5.74) is 2.46. The predicted octanol–water partition coefficient (Wildman–Crippen LogP) is 4.24. The van der Waals surface area contributed by atoms with Gasteiger partial charge in [-0.05, 0) is 51.0 Å². The quantitative estimate of drug-likeness (QED) is 0.728. The van der Waals surface area contributed by atoms with Gasteiger partial charge in [-0.15, -0.1) is 11.3 Å². The Bertz CT molecular complexity index is 716. The Hall–Kier alpha value is -1.59. The fourth-order valence-electron chi connectivity index (χ4n) is 1.78. The summed E-state index contributed by atoms with van der Waals surface area (Å²) in [4.78, 5) is 15.1. The standard InChI is InChI=1S/C13H9BrN2OS/c14-12-10(4-6-18-12)13(17)16-9-2-1-8-3-5-15-11(8)7-9/h1-7,15H,(H,16,17). The Morgan fingerprint density at radius 1 is 1.28 bits per heavy atom. The number of hydrogen-bond acceptors (Lipinski definition) is 2. The molecule has 0 unspecified atom stereocenters. The average molecular weight is 321 g/mol. The number of anilines is 1. The molecular weight excluding hydrogens is 312 g/mol. The highest BCUT2D eigenvalue weighted by Gasteiger charge is 2.11. The van der Waals surface area contributed by atoms with E-state index in [0.717, 1.165) is 20.4 Å². The number of aromatic amines is 1. The molecule has 1 amide bonds. The van der Waals surface area contributed by atoms with Gasteiger partial charge in [-0.3, -0.25) is 4.79 Å². The second kappa shape index (κ2) is 4.59. The van der Waals surface area contributed by atoms with Gasteiger partial charge >= 0.3 is 0 Å². The average Bonchev–Trinajstić information content (AvgIpc) is 2.96. The number of fused-ring (bicyclic) bond motifs is 1. The SMILES string of the molecule is O=C(Nc1ccc2cc[nH]c2c1)c1ccsc1Br. The van der Waals surface area contributed by atoms with Crippen molar-refractivity contribution < 1.29 is 4.79 Å². The zero-order valence-electron chi connectivity index (χ0n) is 9.24.